The maximum Gasteiger partial charge on any atom is 0.266 e. The van der Waals surface area contributed by atoms with Gasteiger partial charge in [-0.25, -0.2) is 0 Å². The first-order valence-electron chi connectivity index (χ1n) is 8.50. The van der Waals surface area contributed by atoms with E-state index in [1.807, 2.05) is 6.07 Å². The smallest absolute Gasteiger partial charge is 0.266 e. The Bertz CT molecular complexity index is 723. The summed E-state index contributed by atoms with van der Waals surface area (Å²) >= 11 is 6.93. The average molecular weight is 361 g/mol. The molecule has 0 spiro atoms. The Morgan fingerprint density at radius 1 is 1.28 bits per heavy atom. The number of alkyl halides is 1. The van der Waals surface area contributed by atoms with Crippen LogP contribution in [0, 0.1) is 22.0 Å². The van der Waals surface area contributed by atoms with Gasteiger partial charge in [0.15, 0.2) is 5.78 Å². The van der Waals surface area contributed by atoms with Crippen molar-refractivity contribution < 1.29 is 9.72 Å². The Hall–Kier alpha value is -1.98. The maximum atomic E-state index is 13.1. The summed E-state index contributed by atoms with van der Waals surface area (Å²) in [5, 5.41) is 11.2. The van der Waals surface area contributed by atoms with Crippen LogP contribution in [0.5, 0.6) is 0 Å². The lowest BCUT2D eigenvalue weighted by Gasteiger charge is -2.44. The quantitative estimate of drug-likeness (QED) is 0.269. The van der Waals surface area contributed by atoms with E-state index in [4.69, 9.17) is 11.6 Å². The monoisotopic (exact) mass is 360 g/mol. The molecule has 5 nitrogen and oxygen atoms in total. The highest BCUT2D eigenvalue weighted by Gasteiger charge is 2.47. The molecule has 0 aromatic heterocycles. The van der Waals surface area contributed by atoms with E-state index in [-0.39, 0.29) is 11.5 Å². The van der Waals surface area contributed by atoms with Crippen molar-refractivity contribution in [3.05, 3.63) is 69.9 Å². The number of allylic oxidation sites excluding steroid dienone is 1. The number of carbonyl (C=O) groups is 1. The summed E-state index contributed by atoms with van der Waals surface area (Å²) in [7, 11) is 0. The number of nitro groups is 1. The standard InChI is InChI=1S/C19H21ClN2O3/c1-14-8-11-21(12-9-14)19(20)10-7-16(22(24)25)13-17(19)18(23)15-5-3-2-4-6-15/h2-7,10,13-14,17H,8-9,11-12H2,1H3. The molecule has 6 heteroatoms. The van der Waals surface area contributed by atoms with Crippen LogP contribution in [0.25, 0.3) is 0 Å². The number of piperidine rings is 1. The molecule has 2 atom stereocenters. The summed E-state index contributed by atoms with van der Waals surface area (Å²) in [4.78, 5) is 24.8. The van der Waals surface area contributed by atoms with Gasteiger partial charge in [0.25, 0.3) is 5.70 Å². The molecule has 1 aliphatic heterocycles. The summed E-state index contributed by atoms with van der Waals surface area (Å²) in [5.74, 6) is -0.370. The molecule has 1 aromatic carbocycles. The Morgan fingerprint density at radius 3 is 2.52 bits per heavy atom. The summed E-state index contributed by atoms with van der Waals surface area (Å²) in [6.07, 6.45) is 6.44. The molecule has 0 amide bonds. The second kappa shape index (κ2) is 7.10. The van der Waals surface area contributed by atoms with Crippen LogP contribution in [-0.4, -0.2) is 33.7 Å². The number of nitrogens with zero attached hydrogens (tertiary/aromatic N) is 2. The van der Waals surface area contributed by atoms with Crippen molar-refractivity contribution >= 4 is 17.4 Å². The highest BCUT2D eigenvalue weighted by molar-refractivity contribution is 6.27. The van der Waals surface area contributed by atoms with E-state index in [0.29, 0.717) is 11.5 Å². The molecule has 0 N–H and O–H groups in total. The fourth-order valence-electron chi connectivity index (χ4n) is 3.47. The van der Waals surface area contributed by atoms with Crippen LogP contribution in [0.2, 0.25) is 0 Å². The predicted octanol–water partition coefficient (Wildman–Crippen LogP) is 3.88. The fraction of sp³-hybridized carbons (Fsp3) is 0.421. The van der Waals surface area contributed by atoms with Crippen molar-refractivity contribution in [2.24, 2.45) is 11.8 Å². The minimum Gasteiger partial charge on any atom is -0.293 e. The molecule has 25 heavy (non-hydrogen) atoms. The van der Waals surface area contributed by atoms with E-state index >= 15 is 0 Å². The second-order valence-corrected chi connectivity index (χ2v) is 7.39. The number of halogens is 1. The van der Waals surface area contributed by atoms with Crippen LogP contribution in [0.3, 0.4) is 0 Å². The van der Waals surface area contributed by atoms with Crippen LogP contribution in [0.15, 0.2) is 54.3 Å². The van der Waals surface area contributed by atoms with E-state index in [0.717, 1.165) is 25.9 Å². The molecule has 1 aliphatic carbocycles. The average Bonchev–Trinajstić information content (AvgIpc) is 2.62. The zero-order valence-electron chi connectivity index (χ0n) is 14.1. The summed E-state index contributed by atoms with van der Waals surface area (Å²) in [6, 6.07) is 8.83. The SMILES string of the molecule is CC1CCN(C2(Cl)C=CC([N+](=O)[O-])=CC2C(=O)c2ccccc2)CC1. The number of carbonyl (C=O) groups excluding carboxylic acids is 1. The van der Waals surface area contributed by atoms with E-state index in [1.165, 1.54) is 12.2 Å². The molecular formula is C19H21ClN2O3. The minimum atomic E-state index is -1.06. The van der Waals surface area contributed by atoms with E-state index < -0.39 is 15.8 Å². The molecule has 2 unspecified atom stereocenters. The number of likely N-dealkylation sites (tertiary alicyclic amines) is 1. The molecule has 1 saturated heterocycles. The first kappa shape index (κ1) is 17.8. The fourth-order valence-corrected chi connectivity index (χ4v) is 3.86. The number of benzene rings is 1. The number of ketones is 1. The van der Waals surface area contributed by atoms with Crippen LogP contribution >= 0.6 is 11.6 Å². The third-order valence-corrected chi connectivity index (χ3v) is 5.68. The normalized spacial score (nSPS) is 27.8. The molecule has 3 rings (SSSR count). The highest BCUT2D eigenvalue weighted by atomic mass is 35.5. The topological polar surface area (TPSA) is 63.4 Å². The lowest BCUT2D eigenvalue weighted by molar-refractivity contribution is -0.419. The van der Waals surface area contributed by atoms with Crippen molar-refractivity contribution in [1.82, 2.24) is 4.90 Å². The highest BCUT2D eigenvalue weighted by Crippen LogP contribution is 2.40. The molecule has 132 valence electrons. The predicted molar refractivity (Wildman–Crippen MR) is 97.0 cm³/mol. The number of hydrogen-bond donors (Lipinski definition) is 0. The number of hydrogen-bond acceptors (Lipinski definition) is 4. The van der Waals surface area contributed by atoms with Crippen LogP contribution in [-0.2, 0) is 0 Å². The van der Waals surface area contributed by atoms with Crippen molar-refractivity contribution in [2.75, 3.05) is 13.1 Å². The van der Waals surface area contributed by atoms with Gasteiger partial charge in [-0.3, -0.25) is 19.8 Å². The van der Waals surface area contributed by atoms with Gasteiger partial charge in [0, 0.05) is 30.8 Å². The van der Waals surface area contributed by atoms with Gasteiger partial charge in [-0.2, -0.15) is 0 Å². The second-order valence-electron chi connectivity index (χ2n) is 6.79. The molecule has 0 radical (unpaired) electrons. The van der Waals surface area contributed by atoms with Gasteiger partial charge in [-0.15, -0.1) is 0 Å². The van der Waals surface area contributed by atoms with Crippen molar-refractivity contribution in [3.8, 4) is 0 Å². The first-order chi connectivity index (χ1) is 11.9. The summed E-state index contributed by atoms with van der Waals surface area (Å²) in [5.41, 5.74) is 0.424. The van der Waals surface area contributed by atoms with Gasteiger partial charge in [0.2, 0.25) is 0 Å². The Morgan fingerprint density at radius 2 is 1.92 bits per heavy atom. The van der Waals surface area contributed by atoms with Gasteiger partial charge in [-0.05, 0) is 24.8 Å². The van der Waals surface area contributed by atoms with Gasteiger partial charge >= 0.3 is 0 Å². The Kier molecular flexibility index (Phi) is 5.06. The van der Waals surface area contributed by atoms with E-state index in [1.54, 1.807) is 30.3 Å². The van der Waals surface area contributed by atoms with Gasteiger partial charge in [-0.1, -0.05) is 48.9 Å². The molecule has 0 saturated carbocycles. The van der Waals surface area contributed by atoms with Gasteiger partial charge in [0.1, 0.15) is 5.00 Å². The molecule has 1 aromatic rings. The van der Waals surface area contributed by atoms with Crippen LogP contribution in [0.4, 0.5) is 0 Å². The largest absolute Gasteiger partial charge is 0.293 e. The molecule has 2 aliphatic rings. The first-order valence-corrected chi connectivity index (χ1v) is 8.88. The van der Waals surface area contributed by atoms with E-state index in [9.17, 15) is 14.9 Å². The lowest BCUT2D eigenvalue weighted by Crippen LogP contribution is -2.54. The van der Waals surface area contributed by atoms with Gasteiger partial charge < -0.3 is 0 Å². The minimum absolute atomic E-state index is 0.0871. The maximum absolute atomic E-state index is 13.1. The molecule has 1 fully saturated rings. The van der Waals surface area contributed by atoms with Crippen molar-refractivity contribution in [3.63, 3.8) is 0 Å². The lowest BCUT2D eigenvalue weighted by atomic mass is 9.83. The molecular weight excluding hydrogens is 340 g/mol. The number of Topliss-reactive ketones (excluding diaryl/α,β-unsaturated/α-hetero) is 1. The zero-order valence-corrected chi connectivity index (χ0v) is 14.9. The Labute approximate surface area is 152 Å². The van der Waals surface area contributed by atoms with Crippen LogP contribution < -0.4 is 0 Å². The zero-order chi connectivity index (χ0) is 18.0. The van der Waals surface area contributed by atoms with Crippen LogP contribution in [0.1, 0.15) is 30.1 Å². The third kappa shape index (κ3) is 3.53. The Balaban J connectivity index is 1.97. The van der Waals surface area contributed by atoms with Crippen molar-refractivity contribution in [1.29, 1.82) is 0 Å². The van der Waals surface area contributed by atoms with Crippen molar-refractivity contribution in [2.45, 2.75) is 24.8 Å². The molecule has 0 bridgehead atoms. The molecule has 1 heterocycles. The summed E-state index contributed by atoms with van der Waals surface area (Å²) in [6.45, 7) is 3.75. The summed E-state index contributed by atoms with van der Waals surface area (Å²) < 4.78 is 0. The number of rotatable bonds is 4. The van der Waals surface area contributed by atoms with E-state index in [2.05, 4.69) is 11.8 Å². The third-order valence-electron chi connectivity index (χ3n) is 5.08. The van der Waals surface area contributed by atoms with Gasteiger partial charge in [0.05, 0.1) is 10.8 Å².